The number of aromatic nitrogens is 1. The summed E-state index contributed by atoms with van der Waals surface area (Å²) in [5.41, 5.74) is 2.82. The molecule has 4 nitrogen and oxygen atoms in total. The van der Waals surface area contributed by atoms with Crippen LogP contribution in [0.2, 0.25) is 0 Å². The van der Waals surface area contributed by atoms with Crippen LogP contribution in [0.3, 0.4) is 0 Å². The second-order valence-electron chi connectivity index (χ2n) is 5.15. The molecule has 1 N–H and O–H groups in total. The number of carbonyl (C=O) groups is 1. The molecule has 0 saturated carbocycles. The number of rotatable bonds is 2. The Kier molecular flexibility index (Phi) is 4.98. The van der Waals surface area contributed by atoms with Gasteiger partial charge in [0.1, 0.15) is 0 Å². The Balaban J connectivity index is 0.00000161. The van der Waals surface area contributed by atoms with Gasteiger partial charge in [-0.1, -0.05) is 18.2 Å². The lowest BCUT2D eigenvalue weighted by Crippen LogP contribution is -2.25. The normalized spacial score (nSPS) is 14.2. The molecule has 0 radical (unpaired) electrons. The number of halogens is 1. The predicted molar refractivity (Wildman–Crippen MR) is 88.5 cm³/mol. The lowest BCUT2D eigenvalue weighted by molar-refractivity contribution is 0.102. The van der Waals surface area contributed by atoms with E-state index in [1.807, 2.05) is 31.2 Å². The van der Waals surface area contributed by atoms with Crippen LogP contribution < -0.4 is 5.32 Å². The molecule has 0 atom stereocenters. The number of carbonyl (C=O) groups excluding carboxylic acids is 1. The molecular formula is C15H18ClN3OS. The number of likely N-dealkylation sites (N-methyl/N-ethyl adjacent to an activating group) is 1. The van der Waals surface area contributed by atoms with Gasteiger partial charge in [-0.05, 0) is 25.6 Å². The number of amides is 1. The number of nitrogens with one attached hydrogen (secondary N) is 1. The summed E-state index contributed by atoms with van der Waals surface area (Å²) in [5.74, 6) is -0.0810. The van der Waals surface area contributed by atoms with E-state index in [9.17, 15) is 4.79 Å². The highest BCUT2D eigenvalue weighted by atomic mass is 35.5. The largest absolute Gasteiger partial charge is 0.301 e. The Morgan fingerprint density at radius 2 is 2.14 bits per heavy atom. The first-order valence-corrected chi connectivity index (χ1v) is 7.49. The molecule has 21 heavy (non-hydrogen) atoms. The molecule has 6 heteroatoms. The van der Waals surface area contributed by atoms with Crippen LogP contribution >= 0.6 is 23.7 Å². The van der Waals surface area contributed by atoms with E-state index in [-0.39, 0.29) is 18.3 Å². The van der Waals surface area contributed by atoms with E-state index in [4.69, 9.17) is 0 Å². The van der Waals surface area contributed by atoms with Gasteiger partial charge < -0.3 is 4.90 Å². The van der Waals surface area contributed by atoms with Gasteiger partial charge in [0.25, 0.3) is 5.91 Å². The van der Waals surface area contributed by atoms with E-state index < -0.39 is 0 Å². The Hall–Kier alpha value is -1.43. The third-order valence-electron chi connectivity index (χ3n) is 3.53. The minimum atomic E-state index is -0.0810. The maximum absolute atomic E-state index is 12.3. The van der Waals surface area contributed by atoms with Crippen molar-refractivity contribution in [1.29, 1.82) is 0 Å². The number of hydrogen-bond acceptors (Lipinski definition) is 4. The number of anilines is 1. The lowest BCUT2D eigenvalue weighted by atomic mass is 10.1. The summed E-state index contributed by atoms with van der Waals surface area (Å²) in [4.78, 5) is 20.3. The third-order valence-corrected chi connectivity index (χ3v) is 4.53. The Morgan fingerprint density at radius 3 is 2.90 bits per heavy atom. The predicted octanol–water partition coefficient (Wildman–Crippen LogP) is 3.11. The fourth-order valence-corrected chi connectivity index (χ4v) is 3.45. The van der Waals surface area contributed by atoms with Crippen LogP contribution in [0.5, 0.6) is 0 Å². The number of fused-ring (bicyclic) bond motifs is 1. The fourth-order valence-electron chi connectivity index (χ4n) is 2.37. The van der Waals surface area contributed by atoms with E-state index >= 15 is 0 Å². The van der Waals surface area contributed by atoms with Gasteiger partial charge in [0.2, 0.25) is 0 Å². The summed E-state index contributed by atoms with van der Waals surface area (Å²) < 4.78 is 0. The number of nitrogens with zero attached hydrogens (tertiary/aromatic N) is 2. The van der Waals surface area contributed by atoms with Crippen molar-refractivity contribution >= 4 is 34.8 Å². The van der Waals surface area contributed by atoms with Crippen LogP contribution in [-0.2, 0) is 13.0 Å². The van der Waals surface area contributed by atoms with Gasteiger partial charge in [0.15, 0.2) is 5.13 Å². The quantitative estimate of drug-likeness (QED) is 0.923. The van der Waals surface area contributed by atoms with Crippen LogP contribution in [-0.4, -0.2) is 29.4 Å². The number of benzene rings is 1. The summed E-state index contributed by atoms with van der Waals surface area (Å²) in [7, 11) is 2.11. The van der Waals surface area contributed by atoms with Gasteiger partial charge in [-0.3, -0.25) is 10.1 Å². The molecular weight excluding hydrogens is 306 g/mol. The molecule has 3 rings (SSSR count). The van der Waals surface area contributed by atoms with Crippen LogP contribution in [0, 0.1) is 6.92 Å². The van der Waals surface area contributed by atoms with Gasteiger partial charge in [-0.15, -0.1) is 23.7 Å². The zero-order valence-electron chi connectivity index (χ0n) is 12.0. The average Bonchev–Trinajstić information content (AvgIpc) is 2.80. The van der Waals surface area contributed by atoms with Gasteiger partial charge in [0, 0.05) is 30.0 Å². The lowest BCUT2D eigenvalue weighted by Gasteiger charge is -2.20. The summed E-state index contributed by atoms with van der Waals surface area (Å²) >= 11 is 1.58. The maximum Gasteiger partial charge on any atom is 0.257 e. The van der Waals surface area contributed by atoms with Gasteiger partial charge in [0.05, 0.1) is 5.69 Å². The van der Waals surface area contributed by atoms with Crippen molar-refractivity contribution in [2.45, 2.75) is 19.9 Å². The minimum absolute atomic E-state index is 0. The second-order valence-corrected chi connectivity index (χ2v) is 6.23. The van der Waals surface area contributed by atoms with Crippen molar-refractivity contribution in [2.24, 2.45) is 0 Å². The second kappa shape index (κ2) is 6.56. The van der Waals surface area contributed by atoms with Gasteiger partial charge >= 0.3 is 0 Å². The molecule has 0 fully saturated rings. The monoisotopic (exact) mass is 323 g/mol. The van der Waals surface area contributed by atoms with Crippen LogP contribution in [0.25, 0.3) is 0 Å². The molecule has 0 saturated heterocycles. The molecule has 1 aromatic carbocycles. The van der Waals surface area contributed by atoms with Crippen LogP contribution in [0.4, 0.5) is 5.13 Å². The molecule has 0 bridgehead atoms. The Labute approximate surface area is 134 Å². The highest BCUT2D eigenvalue weighted by Gasteiger charge is 2.19. The summed E-state index contributed by atoms with van der Waals surface area (Å²) in [5, 5.41) is 3.63. The molecule has 2 heterocycles. The van der Waals surface area contributed by atoms with Crippen LogP contribution in [0.15, 0.2) is 24.3 Å². The molecule has 1 amide bonds. The smallest absolute Gasteiger partial charge is 0.257 e. The molecule has 0 spiro atoms. The maximum atomic E-state index is 12.3. The summed E-state index contributed by atoms with van der Waals surface area (Å²) in [6.45, 7) is 3.89. The summed E-state index contributed by atoms with van der Waals surface area (Å²) in [6.07, 6.45) is 0.961. The van der Waals surface area contributed by atoms with E-state index in [1.165, 1.54) is 4.88 Å². The average molecular weight is 324 g/mol. The van der Waals surface area contributed by atoms with Crippen molar-refractivity contribution in [3.63, 3.8) is 0 Å². The van der Waals surface area contributed by atoms with Crippen molar-refractivity contribution < 1.29 is 4.79 Å². The SMILES string of the molecule is Cc1ccccc1C(=O)Nc1nc2c(s1)CN(C)CC2.Cl. The molecule has 0 aliphatic carbocycles. The van der Waals surface area contributed by atoms with Gasteiger partial charge in [-0.2, -0.15) is 0 Å². The molecule has 2 aromatic rings. The molecule has 112 valence electrons. The first kappa shape index (κ1) is 15.9. The van der Waals surface area contributed by atoms with E-state index in [2.05, 4.69) is 22.2 Å². The molecule has 1 aromatic heterocycles. The molecule has 1 aliphatic heterocycles. The first-order valence-electron chi connectivity index (χ1n) is 6.67. The highest BCUT2D eigenvalue weighted by Crippen LogP contribution is 2.28. The van der Waals surface area contributed by atoms with E-state index in [0.29, 0.717) is 10.7 Å². The minimum Gasteiger partial charge on any atom is -0.301 e. The van der Waals surface area contributed by atoms with E-state index in [1.54, 1.807) is 11.3 Å². The standard InChI is InChI=1S/C15H17N3OS.ClH/c1-10-5-3-4-6-11(10)14(19)17-15-16-12-7-8-18(2)9-13(12)20-15;/h3-6H,7-9H2,1-2H3,(H,16,17,19);1H. The van der Waals surface area contributed by atoms with Crippen molar-refractivity contribution in [1.82, 2.24) is 9.88 Å². The molecule has 0 unspecified atom stereocenters. The number of thiazole rings is 1. The van der Waals surface area contributed by atoms with Crippen molar-refractivity contribution in [3.8, 4) is 0 Å². The zero-order valence-corrected chi connectivity index (χ0v) is 13.7. The Bertz CT molecular complexity index is 656. The third kappa shape index (κ3) is 3.43. The topological polar surface area (TPSA) is 45.2 Å². The molecule has 1 aliphatic rings. The van der Waals surface area contributed by atoms with Crippen LogP contribution in [0.1, 0.15) is 26.5 Å². The van der Waals surface area contributed by atoms with Crippen molar-refractivity contribution in [3.05, 3.63) is 46.0 Å². The number of hydrogen-bond donors (Lipinski definition) is 1. The zero-order chi connectivity index (χ0) is 14.1. The summed E-state index contributed by atoms with van der Waals surface area (Å²) in [6, 6.07) is 7.59. The first-order chi connectivity index (χ1) is 9.63. The van der Waals surface area contributed by atoms with E-state index in [0.717, 1.165) is 30.8 Å². The van der Waals surface area contributed by atoms with Gasteiger partial charge in [-0.25, -0.2) is 4.98 Å². The highest BCUT2D eigenvalue weighted by molar-refractivity contribution is 7.15. The number of aryl methyl sites for hydroxylation is 1. The van der Waals surface area contributed by atoms with Crippen molar-refractivity contribution in [2.75, 3.05) is 18.9 Å². The fraction of sp³-hybridized carbons (Fsp3) is 0.333. The Morgan fingerprint density at radius 1 is 1.38 bits per heavy atom.